The Bertz CT molecular complexity index is 426. The average Bonchev–Trinajstić information content (AvgIpc) is 2.29. The van der Waals surface area contributed by atoms with Gasteiger partial charge < -0.3 is 10.6 Å². The molecular weight excluding hydrogens is 270 g/mol. The van der Waals surface area contributed by atoms with E-state index in [4.69, 9.17) is 5.26 Å². The van der Waals surface area contributed by atoms with Crippen LogP contribution in [0.25, 0.3) is 0 Å². The summed E-state index contributed by atoms with van der Waals surface area (Å²) in [5.41, 5.74) is 1.31. The summed E-state index contributed by atoms with van der Waals surface area (Å²) >= 11 is 3.33. The lowest BCUT2D eigenvalue weighted by atomic mass is 10.2. The second-order valence-corrected chi connectivity index (χ2v) is 4.07. The molecular formula is C11H12BrN3O. The molecule has 0 unspecified atom stereocenters. The van der Waals surface area contributed by atoms with Gasteiger partial charge in [-0.2, -0.15) is 5.26 Å². The SMILES string of the molecule is CNC(=O)CCNc1cc(Br)ccc1C#N. The zero-order valence-electron chi connectivity index (χ0n) is 8.88. The first-order valence-electron chi connectivity index (χ1n) is 4.81. The van der Waals surface area contributed by atoms with E-state index in [1.54, 1.807) is 13.1 Å². The number of amides is 1. The number of rotatable bonds is 4. The summed E-state index contributed by atoms with van der Waals surface area (Å²) in [5.74, 6) is -0.0268. The monoisotopic (exact) mass is 281 g/mol. The summed E-state index contributed by atoms with van der Waals surface area (Å²) in [6.45, 7) is 0.505. The Morgan fingerprint density at radius 1 is 1.56 bits per heavy atom. The lowest BCUT2D eigenvalue weighted by molar-refractivity contribution is -0.120. The second kappa shape index (κ2) is 6.13. The van der Waals surface area contributed by atoms with Crippen molar-refractivity contribution in [2.24, 2.45) is 0 Å². The molecule has 0 aromatic heterocycles. The quantitative estimate of drug-likeness (QED) is 0.886. The number of benzene rings is 1. The van der Waals surface area contributed by atoms with E-state index >= 15 is 0 Å². The molecule has 16 heavy (non-hydrogen) atoms. The molecule has 0 saturated heterocycles. The molecule has 1 aromatic rings. The Morgan fingerprint density at radius 2 is 2.31 bits per heavy atom. The van der Waals surface area contributed by atoms with Crippen LogP contribution in [-0.4, -0.2) is 19.5 Å². The Hall–Kier alpha value is -1.54. The third-order valence-electron chi connectivity index (χ3n) is 2.05. The zero-order chi connectivity index (χ0) is 12.0. The van der Waals surface area contributed by atoms with E-state index < -0.39 is 0 Å². The van der Waals surface area contributed by atoms with Crippen molar-refractivity contribution in [1.29, 1.82) is 5.26 Å². The smallest absolute Gasteiger partial charge is 0.221 e. The van der Waals surface area contributed by atoms with Gasteiger partial charge in [0, 0.05) is 24.5 Å². The van der Waals surface area contributed by atoms with Crippen LogP contribution in [-0.2, 0) is 4.79 Å². The van der Waals surface area contributed by atoms with Gasteiger partial charge in [-0.25, -0.2) is 0 Å². The fourth-order valence-corrected chi connectivity index (χ4v) is 1.56. The van der Waals surface area contributed by atoms with E-state index in [-0.39, 0.29) is 5.91 Å². The van der Waals surface area contributed by atoms with Gasteiger partial charge in [0.1, 0.15) is 6.07 Å². The van der Waals surface area contributed by atoms with Gasteiger partial charge in [0.15, 0.2) is 0 Å². The molecule has 1 amide bonds. The standard InChI is InChI=1S/C11H12BrN3O/c1-14-11(16)4-5-15-10-6-9(12)3-2-8(10)7-13/h2-3,6,15H,4-5H2,1H3,(H,14,16). The van der Waals surface area contributed by atoms with Crippen LogP contribution in [0, 0.1) is 11.3 Å². The summed E-state index contributed by atoms with van der Waals surface area (Å²) < 4.78 is 0.897. The largest absolute Gasteiger partial charge is 0.383 e. The lowest BCUT2D eigenvalue weighted by Gasteiger charge is -2.07. The Kier molecular flexibility index (Phi) is 4.80. The highest BCUT2D eigenvalue weighted by molar-refractivity contribution is 9.10. The van der Waals surface area contributed by atoms with Crippen LogP contribution in [0.2, 0.25) is 0 Å². The highest BCUT2D eigenvalue weighted by Gasteiger charge is 2.03. The van der Waals surface area contributed by atoms with Crippen LogP contribution in [0.3, 0.4) is 0 Å². The number of carbonyl (C=O) groups is 1. The van der Waals surface area contributed by atoms with Crippen molar-refractivity contribution in [1.82, 2.24) is 5.32 Å². The van der Waals surface area contributed by atoms with Crippen molar-refractivity contribution < 1.29 is 4.79 Å². The lowest BCUT2D eigenvalue weighted by Crippen LogP contribution is -2.20. The van der Waals surface area contributed by atoms with E-state index in [0.717, 1.165) is 10.2 Å². The minimum Gasteiger partial charge on any atom is -0.383 e. The van der Waals surface area contributed by atoms with Gasteiger partial charge in [0.25, 0.3) is 0 Å². The van der Waals surface area contributed by atoms with Gasteiger partial charge in [-0.3, -0.25) is 4.79 Å². The number of nitrogens with one attached hydrogen (secondary N) is 2. The molecule has 0 fully saturated rings. The Morgan fingerprint density at radius 3 is 2.94 bits per heavy atom. The highest BCUT2D eigenvalue weighted by Crippen LogP contribution is 2.20. The molecule has 0 aliphatic rings. The van der Waals surface area contributed by atoms with E-state index in [9.17, 15) is 4.79 Å². The number of anilines is 1. The molecule has 0 spiro atoms. The first-order valence-corrected chi connectivity index (χ1v) is 5.60. The summed E-state index contributed by atoms with van der Waals surface area (Å²) in [5, 5.41) is 14.5. The second-order valence-electron chi connectivity index (χ2n) is 3.15. The summed E-state index contributed by atoms with van der Waals surface area (Å²) in [7, 11) is 1.60. The molecule has 0 aliphatic heterocycles. The maximum absolute atomic E-state index is 11.0. The molecule has 0 atom stereocenters. The summed E-state index contributed by atoms with van der Waals surface area (Å²) in [4.78, 5) is 11.0. The minimum absolute atomic E-state index is 0.0268. The fraction of sp³-hybridized carbons (Fsp3) is 0.273. The molecule has 1 aromatic carbocycles. The molecule has 0 radical (unpaired) electrons. The Balaban J connectivity index is 2.63. The van der Waals surface area contributed by atoms with E-state index in [2.05, 4.69) is 32.6 Å². The number of nitriles is 1. The van der Waals surface area contributed by atoms with Crippen LogP contribution in [0.15, 0.2) is 22.7 Å². The van der Waals surface area contributed by atoms with Crippen molar-refractivity contribution in [3.63, 3.8) is 0 Å². The van der Waals surface area contributed by atoms with Crippen molar-refractivity contribution in [2.75, 3.05) is 18.9 Å². The predicted molar refractivity (Wildman–Crippen MR) is 66.0 cm³/mol. The predicted octanol–water partition coefficient (Wildman–Crippen LogP) is 1.87. The van der Waals surface area contributed by atoms with E-state index in [1.807, 2.05) is 12.1 Å². The van der Waals surface area contributed by atoms with Gasteiger partial charge in [-0.05, 0) is 18.2 Å². The molecule has 5 heteroatoms. The summed E-state index contributed by atoms with van der Waals surface area (Å²) in [6, 6.07) is 7.45. The molecule has 0 bridgehead atoms. The van der Waals surface area contributed by atoms with Crippen molar-refractivity contribution in [3.8, 4) is 6.07 Å². The molecule has 4 nitrogen and oxygen atoms in total. The maximum atomic E-state index is 11.0. The van der Waals surface area contributed by atoms with Crippen molar-refractivity contribution >= 4 is 27.5 Å². The highest BCUT2D eigenvalue weighted by atomic mass is 79.9. The normalized spacial score (nSPS) is 9.31. The summed E-state index contributed by atoms with van der Waals surface area (Å²) in [6.07, 6.45) is 0.383. The van der Waals surface area contributed by atoms with Crippen molar-refractivity contribution in [2.45, 2.75) is 6.42 Å². The molecule has 1 rings (SSSR count). The zero-order valence-corrected chi connectivity index (χ0v) is 10.5. The minimum atomic E-state index is -0.0268. The van der Waals surface area contributed by atoms with Crippen LogP contribution in [0.5, 0.6) is 0 Å². The fourth-order valence-electron chi connectivity index (χ4n) is 1.20. The number of carbonyl (C=O) groups excluding carboxylic acids is 1. The van der Waals surface area contributed by atoms with E-state index in [1.165, 1.54) is 0 Å². The van der Waals surface area contributed by atoms with Gasteiger partial charge in [0.05, 0.1) is 11.3 Å². The van der Waals surface area contributed by atoms with Crippen LogP contribution < -0.4 is 10.6 Å². The maximum Gasteiger partial charge on any atom is 0.221 e. The Labute approximate surface area is 103 Å². The van der Waals surface area contributed by atoms with Crippen LogP contribution in [0.4, 0.5) is 5.69 Å². The van der Waals surface area contributed by atoms with Gasteiger partial charge in [-0.1, -0.05) is 15.9 Å². The average molecular weight is 282 g/mol. The third kappa shape index (κ3) is 3.55. The topological polar surface area (TPSA) is 64.9 Å². The first kappa shape index (κ1) is 12.5. The molecule has 0 saturated carbocycles. The van der Waals surface area contributed by atoms with Gasteiger partial charge >= 0.3 is 0 Å². The number of hydrogen-bond donors (Lipinski definition) is 2. The third-order valence-corrected chi connectivity index (χ3v) is 2.54. The molecule has 2 N–H and O–H groups in total. The van der Waals surface area contributed by atoms with Gasteiger partial charge in [-0.15, -0.1) is 0 Å². The van der Waals surface area contributed by atoms with E-state index in [0.29, 0.717) is 18.5 Å². The molecule has 84 valence electrons. The van der Waals surface area contributed by atoms with Crippen molar-refractivity contribution in [3.05, 3.63) is 28.2 Å². The van der Waals surface area contributed by atoms with Gasteiger partial charge in [0.2, 0.25) is 5.91 Å². The van der Waals surface area contributed by atoms with Crippen LogP contribution in [0.1, 0.15) is 12.0 Å². The first-order chi connectivity index (χ1) is 7.67. The number of halogens is 1. The number of nitrogens with zero attached hydrogens (tertiary/aromatic N) is 1. The number of hydrogen-bond acceptors (Lipinski definition) is 3. The van der Waals surface area contributed by atoms with Crippen LogP contribution >= 0.6 is 15.9 Å². The molecule has 0 aliphatic carbocycles. The molecule has 0 heterocycles.